The van der Waals surface area contributed by atoms with E-state index in [0.29, 0.717) is 18.5 Å². The minimum Gasteiger partial charge on any atom is -0.392 e. The molecule has 0 amide bonds. The maximum Gasteiger partial charge on any atom is 0.243 e. The van der Waals surface area contributed by atoms with Gasteiger partial charge in [0.25, 0.3) is 0 Å². The third kappa shape index (κ3) is 3.14. The topological polar surface area (TPSA) is 77.8 Å². The summed E-state index contributed by atoms with van der Waals surface area (Å²) in [6, 6.07) is 6.17. The van der Waals surface area contributed by atoms with Crippen molar-refractivity contribution in [3.05, 3.63) is 29.8 Å². The largest absolute Gasteiger partial charge is 0.392 e. The molecule has 1 saturated heterocycles. The summed E-state index contributed by atoms with van der Waals surface area (Å²) in [7, 11) is -3.53. The lowest BCUT2D eigenvalue weighted by Crippen LogP contribution is -2.29. The highest BCUT2D eigenvalue weighted by Gasteiger charge is 2.31. The van der Waals surface area contributed by atoms with Crippen molar-refractivity contribution >= 4 is 10.0 Å². The third-order valence-corrected chi connectivity index (χ3v) is 4.81. The van der Waals surface area contributed by atoms with E-state index in [9.17, 15) is 13.5 Å². The molecule has 19 heavy (non-hydrogen) atoms. The Morgan fingerprint density at radius 2 is 2.00 bits per heavy atom. The van der Waals surface area contributed by atoms with Gasteiger partial charge in [0.1, 0.15) is 6.61 Å². The maximum atomic E-state index is 12.2. The van der Waals surface area contributed by atoms with E-state index in [1.165, 1.54) is 16.4 Å². The quantitative estimate of drug-likeness (QED) is 0.735. The van der Waals surface area contributed by atoms with Crippen LogP contribution in [0.15, 0.2) is 29.2 Å². The summed E-state index contributed by atoms with van der Waals surface area (Å²) in [5.41, 5.74) is 0.648. The van der Waals surface area contributed by atoms with Crippen LogP contribution in [-0.2, 0) is 10.0 Å². The van der Waals surface area contributed by atoms with Crippen LogP contribution in [-0.4, -0.2) is 48.7 Å². The number of hydrogen-bond acceptors (Lipinski definition) is 4. The summed E-state index contributed by atoms with van der Waals surface area (Å²) in [5.74, 6) is 5.20. The molecule has 5 nitrogen and oxygen atoms in total. The normalized spacial score (nSPS) is 20.0. The van der Waals surface area contributed by atoms with E-state index < -0.39 is 16.1 Å². The molecule has 1 fully saturated rings. The lowest BCUT2D eigenvalue weighted by Gasteiger charge is -2.15. The average molecular weight is 281 g/mol. The summed E-state index contributed by atoms with van der Waals surface area (Å²) in [6.45, 7) is 0.260. The van der Waals surface area contributed by atoms with Gasteiger partial charge in [0.2, 0.25) is 10.0 Å². The summed E-state index contributed by atoms with van der Waals surface area (Å²) in [6.07, 6.45) is -0.108. The monoisotopic (exact) mass is 281 g/mol. The number of aliphatic hydroxyl groups excluding tert-OH is 2. The van der Waals surface area contributed by atoms with Gasteiger partial charge in [-0.2, -0.15) is 4.31 Å². The molecule has 0 saturated carbocycles. The Morgan fingerprint density at radius 3 is 2.53 bits per heavy atom. The summed E-state index contributed by atoms with van der Waals surface area (Å²) in [5, 5.41) is 18.0. The molecular weight excluding hydrogens is 266 g/mol. The molecule has 0 bridgehead atoms. The van der Waals surface area contributed by atoms with E-state index in [4.69, 9.17) is 5.11 Å². The molecule has 1 atom stereocenters. The molecule has 0 radical (unpaired) electrons. The Kier molecular flexibility index (Phi) is 4.22. The Labute approximate surface area is 112 Å². The van der Waals surface area contributed by atoms with E-state index in [2.05, 4.69) is 11.8 Å². The summed E-state index contributed by atoms with van der Waals surface area (Å²) >= 11 is 0. The Bertz CT molecular complexity index is 598. The zero-order valence-electron chi connectivity index (χ0n) is 10.3. The van der Waals surface area contributed by atoms with Crippen molar-refractivity contribution in [3.8, 4) is 11.8 Å². The van der Waals surface area contributed by atoms with E-state index in [0.717, 1.165) is 0 Å². The second-order valence-corrected chi connectivity index (χ2v) is 6.23. The van der Waals surface area contributed by atoms with Crippen LogP contribution < -0.4 is 0 Å². The van der Waals surface area contributed by atoms with Gasteiger partial charge in [0.05, 0.1) is 11.0 Å². The molecule has 1 aliphatic heterocycles. The van der Waals surface area contributed by atoms with Gasteiger partial charge in [-0.1, -0.05) is 11.8 Å². The van der Waals surface area contributed by atoms with Crippen LogP contribution in [0.3, 0.4) is 0 Å². The molecule has 1 aromatic rings. The average Bonchev–Trinajstić information content (AvgIpc) is 2.84. The number of benzene rings is 1. The number of sulfonamides is 1. The SMILES string of the molecule is O=S(=O)(c1ccc(C#CCO)cc1)N1CCC(O)C1. The second-order valence-electron chi connectivity index (χ2n) is 4.29. The van der Waals surface area contributed by atoms with Crippen LogP contribution in [0.5, 0.6) is 0 Å². The Hall–Kier alpha value is -1.39. The minimum absolute atomic E-state index is 0.147. The van der Waals surface area contributed by atoms with Crippen molar-refractivity contribution in [3.63, 3.8) is 0 Å². The predicted octanol–water partition coefficient (Wildman–Crippen LogP) is -0.214. The molecule has 1 unspecified atom stereocenters. The first kappa shape index (κ1) is 14.0. The Morgan fingerprint density at radius 1 is 1.32 bits per heavy atom. The first-order valence-electron chi connectivity index (χ1n) is 5.92. The first-order valence-corrected chi connectivity index (χ1v) is 7.36. The molecule has 1 heterocycles. The molecular formula is C13H15NO4S. The standard InChI is InChI=1S/C13H15NO4S/c15-9-1-2-11-3-5-13(6-4-11)19(17,18)14-8-7-12(16)10-14/h3-6,12,15-16H,7-10H2. The van der Waals surface area contributed by atoms with Crippen LogP contribution in [0.25, 0.3) is 0 Å². The number of nitrogens with zero attached hydrogens (tertiary/aromatic N) is 1. The number of hydrogen-bond donors (Lipinski definition) is 2. The zero-order chi connectivity index (χ0) is 13.9. The molecule has 1 aliphatic rings. The molecule has 1 aromatic carbocycles. The van der Waals surface area contributed by atoms with Gasteiger partial charge in [-0.25, -0.2) is 8.42 Å². The fourth-order valence-electron chi connectivity index (χ4n) is 1.93. The third-order valence-electron chi connectivity index (χ3n) is 2.93. The van der Waals surface area contributed by atoms with Gasteiger partial charge < -0.3 is 10.2 Å². The zero-order valence-corrected chi connectivity index (χ0v) is 11.1. The second kappa shape index (κ2) is 5.72. The lowest BCUT2D eigenvalue weighted by atomic mass is 10.2. The lowest BCUT2D eigenvalue weighted by molar-refractivity contribution is 0.189. The fraction of sp³-hybridized carbons (Fsp3) is 0.385. The van der Waals surface area contributed by atoms with Gasteiger partial charge in [-0.3, -0.25) is 0 Å². The number of rotatable bonds is 2. The smallest absolute Gasteiger partial charge is 0.243 e. The van der Waals surface area contributed by atoms with Crippen molar-refractivity contribution in [2.45, 2.75) is 17.4 Å². The van der Waals surface area contributed by atoms with E-state index in [1.54, 1.807) is 12.1 Å². The summed E-state index contributed by atoms with van der Waals surface area (Å²) < 4.78 is 25.8. The highest BCUT2D eigenvalue weighted by molar-refractivity contribution is 7.89. The molecule has 0 aromatic heterocycles. The molecule has 0 aliphatic carbocycles. The van der Waals surface area contributed by atoms with Gasteiger partial charge in [-0.15, -0.1) is 0 Å². The minimum atomic E-state index is -3.53. The van der Waals surface area contributed by atoms with Crippen LogP contribution >= 0.6 is 0 Å². The molecule has 0 spiro atoms. The van der Waals surface area contributed by atoms with E-state index in [-0.39, 0.29) is 18.0 Å². The summed E-state index contributed by atoms with van der Waals surface area (Å²) in [4.78, 5) is 0.191. The molecule has 6 heteroatoms. The van der Waals surface area contributed by atoms with Gasteiger partial charge in [0.15, 0.2) is 0 Å². The van der Waals surface area contributed by atoms with Gasteiger partial charge >= 0.3 is 0 Å². The van der Waals surface area contributed by atoms with Crippen molar-refractivity contribution in [1.82, 2.24) is 4.31 Å². The first-order chi connectivity index (χ1) is 9.04. The van der Waals surface area contributed by atoms with E-state index >= 15 is 0 Å². The molecule has 102 valence electrons. The maximum absolute atomic E-state index is 12.2. The molecule has 2 rings (SSSR count). The van der Waals surface area contributed by atoms with Gasteiger partial charge in [-0.05, 0) is 30.7 Å². The fourth-order valence-corrected chi connectivity index (χ4v) is 3.42. The van der Waals surface area contributed by atoms with E-state index in [1.807, 2.05) is 0 Å². The van der Waals surface area contributed by atoms with Crippen LogP contribution in [0, 0.1) is 11.8 Å². The van der Waals surface area contributed by atoms with Crippen LogP contribution in [0.4, 0.5) is 0 Å². The van der Waals surface area contributed by atoms with Crippen molar-refractivity contribution in [2.24, 2.45) is 0 Å². The van der Waals surface area contributed by atoms with Crippen molar-refractivity contribution < 1.29 is 18.6 Å². The van der Waals surface area contributed by atoms with Crippen molar-refractivity contribution in [2.75, 3.05) is 19.7 Å². The van der Waals surface area contributed by atoms with Crippen molar-refractivity contribution in [1.29, 1.82) is 0 Å². The van der Waals surface area contributed by atoms with Crippen LogP contribution in [0.2, 0.25) is 0 Å². The number of β-amino-alcohol motifs (C(OH)–C–C–N with tert-alkyl or cyclic N) is 1. The highest BCUT2D eigenvalue weighted by Crippen LogP contribution is 2.21. The highest BCUT2D eigenvalue weighted by atomic mass is 32.2. The molecule has 2 N–H and O–H groups in total. The Balaban J connectivity index is 2.22. The predicted molar refractivity (Wildman–Crippen MR) is 69.8 cm³/mol. The number of aliphatic hydroxyl groups is 2. The van der Waals surface area contributed by atoms with Crippen LogP contribution in [0.1, 0.15) is 12.0 Å². The van der Waals surface area contributed by atoms with Gasteiger partial charge in [0, 0.05) is 18.7 Å².